The van der Waals surface area contributed by atoms with Crippen LogP contribution in [-0.4, -0.2) is 26.9 Å². The van der Waals surface area contributed by atoms with Crippen molar-refractivity contribution in [3.8, 4) is 11.5 Å². The number of hydrogen-bond donors (Lipinski definition) is 0. The van der Waals surface area contributed by atoms with E-state index in [1.165, 1.54) is 4.31 Å². The van der Waals surface area contributed by atoms with Crippen molar-refractivity contribution in [2.45, 2.75) is 33.4 Å². The second-order valence-electron chi connectivity index (χ2n) is 6.74. The zero-order valence-corrected chi connectivity index (χ0v) is 17.8. The molecular formula is C22H29NO4S. The minimum atomic E-state index is -3.66. The van der Waals surface area contributed by atoms with Gasteiger partial charge in [-0.05, 0) is 47.7 Å². The summed E-state index contributed by atoms with van der Waals surface area (Å²) >= 11 is 0. The summed E-state index contributed by atoms with van der Waals surface area (Å²) in [6.45, 7) is 8.25. The number of nitrogens with zero attached hydrogens (tertiary/aromatic N) is 1. The van der Waals surface area contributed by atoms with E-state index in [0.29, 0.717) is 0 Å². The largest absolute Gasteiger partial charge is 0.497 e. The Bertz CT molecular complexity index is 824. The van der Waals surface area contributed by atoms with Crippen molar-refractivity contribution in [3.05, 3.63) is 71.1 Å². The topological polar surface area (TPSA) is 55.8 Å². The van der Waals surface area contributed by atoms with Crippen molar-refractivity contribution in [2.75, 3.05) is 14.2 Å². The summed E-state index contributed by atoms with van der Waals surface area (Å²) in [5, 5.41) is 0. The third kappa shape index (κ3) is 5.36. The smallest absolute Gasteiger partial charge is 0.239 e. The molecule has 0 N–H and O–H groups in total. The third-order valence-corrected chi connectivity index (χ3v) is 6.87. The van der Waals surface area contributed by atoms with Gasteiger partial charge < -0.3 is 9.47 Å². The molecule has 0 aliphatic heterocycles. The lowest BCUT2D eigenvalue weighted by atomic mass is 10.1. The van der Waals surface area contributed by atoms with E-state index >= 15 is 0 Å². The molecule has 0 saturated heterocycles. The second-order valence-corrected chi connectivity index (χ2v) is 8.74. The summed E-state index contributed by atoms with van der Waals surface area (Å²) in [4.78, 5) is 0.247. The fourth-order valence-electron chi connectivity index (χ4n) is 2.74. The van der Waals surface area contributed by atoms with Gasteiger partial charge >= 0.3 is 0 Å². The molecule has 0 bridgehead atoms. The molecule has 0 aliphatic carbocycles. The molecule has 0 aromatic heterocycles. The van der Waals surface area contributed by atoms with E-state index in [4.69, 9.17) is 9.47 Å². The van der Waals surface area contributed by atoms with E-state index < -0.39 is 10.0 Å². The highest BCUT2D eigenvalue weighted by Gasteiger charge is 2.28. The molecule has 5 nitrogen and oxygen atoms in total. The van der Waals surface area contributed by atoms with E-state index in [0.717, 1.165) is 29.0 Å². The standard InChI is InChI=1S/C22H29NO4S/c1-6-17(2)18(3)28(24,25)23(15-19-7-11-21(26-4)12-8-19)16-20-9-13-22(27-5)14-10-20/h7-14,17H,3,6,15-16H2,1-2,4-5H3/t17-/m0/s1. The van der Waals surface area contributed by atoms with Crippen LogP contribution in [0.2, 0.25) is 0 Å². The molecule has 0 spiro atoms. The summed E-state index contributed by atoms with van der Waals surface area (Å²) in [6.07, 6.45) is 0.719. The maximum atomic E-state index is 13.3. The van der Waals surface area contributed by atoms with E-state index in [2.05, 4.69) is 6.58 Å². The maximum absolute atomic E-state index is 13.3. The molecule has 28 heavy (non-hydrogen) atoms. The Morgan fingerprint density at radius 2 is 1.32 bits per heavy atom. The Kier molecular flexibility index (Phi) is 7.66. The molecule has 152 valence electrons. The molecule has 1 atom stereocenters. The van der Waals surface area contributed by atoms with E-state index in [1.807, 2.05) is 62.4 Å². The molecule has 2 aromatic carbocycles. The maximum Gasteiger partial charge on any atom is 0.239 e. The molecule has 0 heterocycles. The minimum absolute atomic E-state index is 0.112. The van der Waals surface area contributed by atoms with Crippen LogP contribution in [0.15, 0.2) is 60.0 Å². The Balaban J connectivity index is 2.33. The molecule has 6 heteroatoms. The molecule has 2 aromatic rings. The SMILES string of the molecule is C=C([C@@H](C)CC)S(=O)(=O)N(Cc1ccc(OC)cc1)Cc1ccc(OC)cc1. The molecule has 0 aliphatic rings. The predicted octanol–water partition coefficient (Wildman–Crippen LogP) is 4.60. The van der Waals surface area contributed by atoms with Gasteiger partial charge in [-0.3, -0.25) is 0 Å². The lowest BCUT2D eigenvalue weighted by Crippen LogP contribution is -2.32. The van der Waals surface area contributed by atoms with Gasteiger partial charge in [0.25, 0.3) is 0 Å². The minimum Gasteiger partial charge on any atom is -0.497 e. The van der Waals surface area contributed by atoms with Crippen LogP contribution in [0.4, 0.5) is 0 Å². The summed E-state index contributed by atoms with van der Waals surface area (Å²) < 4.78 is 38.4. The Morgan fingerprint density at radius 1 is 0.929 bits per heavy atom. The Labute approximate surface area is 168 Å². The molecule has 0 amide bonds. The number of methoxy groups -OCH3 is 2. The van der Waals surface area contributed by atoms with Gasteiger partial charge in [0.15, 0.2) is 0 Å². The van der Waals surface area contributed by atoms with Gasteiger partial charge in [-0.25, -0.2) is 8.42 Å². The van der Waals surface area contributed by atoms with Gasteiger partial charge in [0, 0.05) is 13.1 Å². The average Bonchev–Trinajstić information content (AvgIpc) is 2.73. The lowest BCUT2D eigenvalue weighted by Gasteiger charge is -2.25. The van der Waals surface area contributed by atoms with Crippen molar-refractivity contribution >= 4 is 10.0 Å². The van der Waals surface area contributed by atoms with Gasteiger partial charge in [-0.1, -0.05) is 44.7 Å². The monoisotopic (exact) mass is 403 g/mol. The van der Waals surface area contributed by atoms with Crippen LogP contribution in [0.25, 0.3) is 0 Å². The quantitative estimate of drug-likeness (QED) is 0.582. The van der Waals surface area contributed by atoms with Crippen LogP contribution in [-0.2, 0) is 23.1 Å². The fourth-order valence-corrected chi connectivity index (χ4v) is 4.39. The normalized spacial score (nSPS) is 12.6. The zero-order chi connectivity index (χ0) is 20.7. The summed E-state index contributed by atoms with van der Waals surface area (Å²) in [5.74, 6) is 1.36. The van der Waals surface area contributed by atoms with Gasteiger partial charge in [-0.15, -0.1) is 0 Å². The molecule has 0 unspecified atom stereocenters. The van der Waals surface area contributed by atoms with E-state index in [1.54, 1.807) is 14.2 Å². The number of rotatable bonds is 10. The fraction of sp³-hybridized carbons (Fsp3) is 0.364. The predicted molar refractivity (Wildman–Crippen MR) is 113 cm³/mol. The van der Waals surface area contributed by atoms with Gasteiger partial charge in [0.2, 0.25) is 10.0 Å². The van der Waals surface area contributed by atoms with E-state index in [-0.39, 0.29) is 23.9 Å². The Morgan fingerprint density at radius 3 is 1.64 bits per heavy atom. The van der Waals surface area contributed by atoms with Crippen molar-refractivity contribution in [1.29, 1.82) is 0 Å². The summed E-state index contributed by atoms with van der Waals surface area (Å²) in [5.41, 5.74) is 1.77. The van der Waals surface area contributed by atoms with Crippen molar-refractivity contribution in [2.24, 2.45) is 5.92 Å². The van der Waals surface area contributed by atoms with Crippen LogP contribution in [0, 0.1) is 5.92 Å². The highest BCUT2D eigenvalue weighted by Crippen LogP contribution is 2.26. The molecule has 2 rings (SSSR count). The van der Waals surface area contributed by atoms with Crippen LogP contribution >= 0.6 is 0 Å². The van der Waals surface area contributed by atoms with Crippen molar-refractivity contribution in [1.82, 2.24) is 4.31 Å². The first kappa shape index (κ1) is 22.0. The number of benzene rings is 2. The molecule has 0 radical (unpaired) electrons. The third-order valence-electron chi connectivity index (χ3n) is 4.87. The lowest BCUT2D eigenvalue weighted by molar-refractivity contribution is 0.398. The highest BCUT2D eigenvalue weighted by molar-refractivity contribution is 7.92. The van der Waals surface area contributed by atoms with Crippen LogP contribution < -0.4 is 9.47 Å². The number of ether oxygens (including phenoxy) is 2. The summed E-state index contributed by atoms with van der Waals surface area (Å²) in [6, 6.07) is 14.8. The van der Waals surface area contributed by atoms with E-state index in [9.17, 15) is 8.42 Å². The van der Waals surface area contributed by atoms with Gasteiger partial charge in [-0.2, -0.15) is 4.31 Å². The molecular weight excluding hydrogens is 374 g/mol. The van der Waals surface area contributed by atoms with Crippen molar-refractivity contribution in [3.63, 3.8) is 0 Å². The number of sulfonamides is 1. The number of allylic oxidation sites excluding steroid dienone is 1. The second kappa shape index (κ2) is 9.75. The highest BCUT2D eigenvalue weighted by atomic mass is 32.2. The van der Waals surface area contributed by atoms with Gasteiger partial charge in [0.1, 0.15) is 11.5 Å². The average molecular weight is 404 g/mol. The molecule has 0 saturated carbocycles. The first-order valence-corrected chi connectivity index (χ1v) is 10.7. The molecule has 0 fully saturated rings. The van der Waals surface area contributed by atoms with Crippen LogP contribution in [0.5, 0.6) is 11.5 Å². The zero-order valence-electron chi connectivity index (χ0n) is 17.0. The summed E-state index contributed by atoms with van der Waals surface area (Å²) in [7, 11) is -0.458. The van der Waals surface area contributed by atoms with Crippen molar-refractivity contribution < 1.29 is 17.9 Å². The number of hydrogen-bond acceptors (Lipinski definition) is 4. The first-order chi connectivity index (χ1) is 13.3. The first-order valence-electron chi connectivity index (χ1n) is 9.26. The van der Waals surface area contributed by atoms with Crippen LogP contribution in [0.3, 0.4) is 0 Å². The van der Waals surface area contributed by atoms with Gasteiger partial charge in [0.05, 0.1) is 19.1 Å². The Hall–Kier alpha value is -2.31. The van der Waals surface area contributed by atoms with Crippen LogP contribution in [0.1, 0.15) is 31.4 Å².